The van der Waals surface area contributed by atoms with Gasteiger partial charge in [-0.2, -0.15) is 0 Å². The molecule has 1 saturated heterocycles. The minimum atomic E-state index is 0.0817. The molecule has 1 amide bonds. The maximum atomic E-state index is 11.7. The van der Waals surface area contributed by atoms with Gasteiger partial charge in [-0.05, 0) is 31.2 Å². The summed E-state index contributed by atoms with van der Waals surface area (Å²) in [6, 6.07) is 0.158. The molecule has 100 valence electrons. The second-order valence-corrected chi connectivity index (χ2v) is 5.52. The third-order valence-corrected chi connectivity index (χ3v) is 3.58. The molecule has 2 unspecified atom stereocenters. The first kappa shape index (κ1) is 14.5. The van der Waals surface area contributed by atoms with E-state index in [2.05, 4.69) is 31.0 Å². The number of carbonyl (C=O) groups excluding carboxylic acids is 1. The molecule has 0 aromatic carbocycles. The number of hydrogen-bond acceptors (Lipinski definition) is 3. The first-order valence-corrected chi connectivity index (χ1v) is 6.66. The van der Waals surface area contributed by atoms with Crippen LogP contribution in [-0.2, 0) is 4.79 Å². The lowest BCUT2D eigenvalue weighted by Gasteiger charge is -2.24. The second-order valence-electron chi connectivity index (χ2n) is 5.52. The molecule has 1 heterocycles. The molecule has 17 heavy (non-hydrogen) atoms. The zero-order valence-electron chi connectivity index (χ0n) is 11.3. The monoisotopic (exact) mass is 242 g/mol. The predicted octanol–water partition coefficient (Wildman–Crippen LogP) is 0.851. The van der Waals surface area contributed by atoms with Crippen molar-refractivity contribution in [3.63, 3.8) is 0 Å². The van der Waals surface area contributed by atoms with Gasteiger partial charge in [0.25, 0.3) is 0 Å². The second kappa shape index (κ2) is 6.97. The molecule has 0 aliphatic carbocycles. The fourth-order valence-electron chi connectivity index (χ4n) is 2.32. The van der Waals surface area contributed by atoms with Crippen LogP contribution in [0.3, 0.4) is 0 Å². The van der Waals surface area contributed by atoms with Crippen molar-refractivity contribution in [1.29, 1.82) is 0 Å². The van der Waals surface area contributed by atoms with Crippen molar-refractivity contribution in [3.8, 4) is 0 Å². The molecule has 2 N–H and O–H groups in total. The Morgan fingerprint density at radius 3 is 2.82 bits per heavy atom. The zero-order valence-corrected chi connectivity index (χ0v) is 11.3. The highest BCUT2D eigenvalue weighted by Gasteiger charge is 2.31. The molecule has 0 bridgehead atoms. The lowest BCUT2D eigenvalue weighted by atomic mass is 10.0. The van der Waals surface area contributed by atoms with E-state index in [0.717, 1.165) is 25.9 Å². The van der Waals surface area contributed by atoms with E-state index in [0.29, 0.717) is 18.4 Å². The maximum Gasteiger partial charge on any atom is 0.234 e. The van der Waals surface area contributed by atoms with Crippen molar-refractivity contribution in [1.82, 2.24) is 10.2 Å². The van der Waals surface area contributed by atoms with Gasteiger partial charge in [0.15, 0.2) is 0 Å². The Bertz CT molecular complexity index is 244. The average molecular weight is 242 g/mol. The first-order chi connectivity index (χ1) is 8.04. The summed E-state index contributed by atoms with van der Waals surface area (Å²) in [7, 11) is 0. The van der Waals surface area contributed by atoms with E-state index in [1.54, 1.807) is 0 Å². The summed E-state index contributed by atoms with van der Waals surface area (Å²) in [5.74, 6) is 1.19. The van der Waals surface area contributed by atoms with Gasteiger partial charge in [0.2, 0.25) is 5.91 Å². The van der Waals surface area contributed by atoms with Crippen LogP contribution in [0.5, 0.6) is 0 Å². The molecule has 0 aromatic rings. The lowest BCUT2D eigenvalue weighted by molar-refractivity contribution is -0.122. The summed E-state index contributed by atoms with van der Waals surface area (Å²) in [6.45, 7) is 8.69. The highest BCUT2D eigenvalue weighted by atomic mass is 16.3. The zero-order chi connectivity index (χ0) is 12.8. The van der Waals surface area contributed by atoms with E-state index in [1.165, 1.54) is 0 Å². The van der Waals surface area contributed by atoms with Gasteiger partial charge < -0.3 is 10.4 Å². The first-order valence-electron chi connectivity index (χ1n) is 6.66. The minimum Gasteiger partial charge on any atom is -0.395 e. The molecule has 4 heteroatoms. The molecule has 1 aliphatic heterocycles. The Morgan fingerprint density at radius 2 is 2.24 bits per heavy atom. The van der Waals surface area contributed by atoms with E-state index in [4.69, 9.17) is 0 Å². The minimum absolute atomic E-state index is 0.0817. The van der Waals surface area contributed by atoms with Gasteiger partial charge in [-0.25, -0.2) is 0 Å². The third kappa shape index (κ3) is 4.64. The molecule has 0 radical (unpaired) electrons. The summed E-state index contributed by atoms with van der Waals surface area (Å²) >= 11 is 0. The Labute approximate surface area is 104 Å². The van der Waals surface area contributed by atoms with E-state index in [-0.39, 0.29) is 18.6 Å². The molecule has 0 saturated carbocycles. The number of aliphatic hydroxyl groups is 1. The van der Waals surface area contributed by atoms with E-state index >= 15 is 0 Å². The quantitative estimate of drug-likeness (QED) is 0.726. The van der Waals surface area contributed by atoms with Crippen molar-refractivity contribution in [3.05, 3.63) is 0 Å². The Morgan fingerprint density at radius 1 is 1.53 bits per heavy atom. The van der Waals surface area contributed by atoms with Crippen LogP contribution in [0.1, 0.15) is 33.6 Å². The molecule has 4 nitrogen and oxygen atoms in total. The molecular formula is C13H26N2O2. The third-order valence-electron chi connectivity index (χ3n) is 3.58. The Kier molecular flexibility index (Phi) is 5.92. The fourth-order valence-corrected chi connectivity index (χ4v) is 2.32. The fraction of sp³-hybridized carbons (Fsp3) is 0.923. The van der Waals surface area contributed by atoms with Gasteiger partial charge in [0.05, 0.1) is 13.2 Å². The number of nitrogens with one attached hydrogen (secondary N) is 1. The Balaban J connectivity index is 2.26. The van der Waals surface area contributed by atoms with Crippen molar-refractivity contribution >= 4 is 5.91 Å². The SMILES string of the molecule is CC(C)CCNC(=O)CN1CCC(C)C1CO. The predicted molar refractivity (Wildman–Crippen MR) is 68.7 cm³/mol. The number of likely N-dealkylation sites (tertiary alicyclic amines) is 1. The number of nitrogens with zero attached hydrogens (tertiary/aromatic N) is 1. The number of aliphatic hydroxyl groups excluding tert-OH is 1. The molecule has 1 aliphatic rings. The van der Waals surface area contributed by atoms with Gasteiger partial charge in [-0.15, -0.1) is 0 Å². The standard InChI is InChI=1S/C13H26N2O2/c1-10(2)4-6-14-13(17)8-15-7-5-11(3)12(15)9-16/h10-12,16H,4-9H2,1-3H3,(H,14,17). The summed E-state index contributed by atoms with van der Waals surface area (Å²) in [5, 5.41) is 12.2. The van der Waals surface area contributed by atoms with Crippen LogP contribution in [0.25, 0.3) is 0 Å². The Hall–Kier alpha value is -0.610. The molecule has 0 spiro atoms. The topological polar surface area (TPSA) is 52.6 Å². The molecular weight excluding hydrogens is 216 g/mol. The summed E-state index contributed by atoms with van der Waals surface area (Å²) < 4.78 is 0. The van der Waals surface area contributed by atoms with Crippen LogP contribution in [0.4, 0.5) is 0 Å². The highest BCUT2D eigenvalue weighted by Crippen LogP contribution is 2.22. The number of carbonyl (C=O) groups is 1. The maximum absolute atomic E-state index is 11.7. The normalized spacial score (nSPS) is 25.5. The number of rotatable bonds is 6. The van der Waals surface area contributed by atoms with Crippen LogP contribution >= 0.6 is 0 Å². The lowest BCUT2D eigenvalue weighted by Crippen LogP contribution is -2.42. The van der Waals surface area contributed by atoms with Crippen LogP contribution < -0.4 is 5.32 Å². The van der Waals surface area contributed by atoms with Crippen LogP contribution in [0.15, 0.2) is 0 Å². The van der Waals surface area contributed by atoms with Crippen molar-refractivity contribution < 1.29 is 9.90 Å². The van der Waals surface area contributed by atoms with Gasteiger partial charge in [0.1, 0.15) is 0 Å². The van der Waals surface area contributed by atoms with E-state index < -0.39 is 0 Å². The van der Waals surface area contributed by atoms with Crippen LogP contribution in [0.2, 0.25) is 0 Å². The van der Waals surface area contributed by atoms with Crippen LogP contribution in [0, 0.1) is 11.8 Å². The average Bonchev–Trinajstić information content (AvgIpc) is 2.58. The van der Waals surface area contributed by atoms with Gasteiger partial charge in [0, 0.05) is 12.6 Å². The number of amides is 1. The summed E-state index contributed by atoms with van der Waals surface area (Å²) in [6.07, 6.45) is 2.09. The van der Waals surface area contributed by atoms with Gasteiger partial charge in [-0.1, -0.05) is 20.8 Å². The largest absolute Gasteiger partial charge is 0.395 e. The molecule has 1 fully saturated rings. The van der Waals surface area contributed by atoms with E-state index in [9.17, 15) is 9.90 Å². The van der Waals surface area contributed by atoms with Crippen molar-refractivity contribution in [2.75, 3.05) is 26.2 Å². The van der Waals surface area contributed by atoms with Crippen LogP contribution in [-0.4, -0.2) is 48.2 Å². The molecule has 1 rings (SSSR count). The highest BCUT2D eigenvalue weighted by molar-refractivity contribution is 5.78. The molecule has 2 atom stereocenters. The molecule has 0 aromatic heterocycles. The van der Waals surface area contributed by atoms with E-state index in [1.807, 2.05) is 0 Å². The summed E-state index contributed by atoms with van der Waals surface area (Å²) in [5.41, 5.74) is 0. The smallest absolute Gasteiger partial charge is 0.234 e. The van der Waals surface area contributed by atoms with Crippen molar-refractivity contribution in [2.24, 2.45) is 11.8 Å². The van der Waals surface area contributed by atoms with Crippen molar-refractivity contribution in [2.45, 2.75) is 39.7 Å². The van der Waals surface area contributed by atoms with Gasteiger partial charge >= 0.3 is 0 Å². The van der Waals surface area contributed by atoms with Gasteiger partial charge in [-0.3, -0.25) is 9.69 Å². The number of hydrogen-bond donors (Lipinski definition) is 2. The summed E-state index contributed by atoms with van der Waals surface area (Å²) in [4.78, 5) is 13.8.